The van der Waals surface area contributed by atoms with Gasteiger partial charge in [-0.05, 0) is 55.7 Å². The van der Waals surface area contributed by atoms with E-state index < -0.39 is 11.7 Å². The minimum Gasteiger partial charge on any atom is -0.437 e. The molecule has 1 aliphatic heterocycles. The molecule has 0 amide bonds. The van der Waals surface area contributed by atoms with Crippen LogP contribution >= 0.6 is 11.6 Å². The number of hydrogen-bond donors (Lipinski definition) is 0. The lowest BCUT2D eigenvalue weighted by molar-refractivity contribution is -0.137. The first-order chi connectivity index (χ1) is 15.7. The summed E-state index contributed by atoms with van der Waals surface area (Å²) in [6.45, 7) is 4.58. The van der Waals surface area contributed by atoms with Gasteiger partial charge < -0.3 is 9.57 Å². The molecule has 1 aliphatic rings. The SMILES string of the molecule is Cc1ccc(CC2CON=C(c3cc(Cl)nnc3Oc3cccc(C(F)(F)F)c3)C2)c(C)c1. The largest absolute Gasteiger partial charge is 0.437 e. The van der Waals surface area contributed by atoms with E-state index in [4.69, 9.17) is 21.2 Å². The highest BCUT2D eigenvalue weighted by Crippen LogP contribution is 2.34. The van der Waals surface area contributed by atoms with Crippen LogP contribution in [0.1, 0.15) is 34.2 Å². The van der Waals surface area contributed by atoms with Crippen molar-refractivity contribution in [3.8, 4) is 11.6 Å². The molecule has 0 saturated carbocycles. The Kier molecular flexibility index (Phi) is 6.56. The molecule has 0 N–H and O–H groups in total. The Hall–Kier alpha value is -3.13. The quantitative estimate of drug-likeness (QED) is 0.420. The average molecular weight is 476 g/mol. The van der Waals surface area contributed by atoms with Crippen molar-refractivity contribution in [3.63, 3.8) is 0 Å². The number of nitrogens with zero attached hydrogens (tertiary/aromatic N) is 3. The van der Waals surface area contributed by atoms with Crippen LogP contribution in [0.5, 0.6) is 11.6 Å². The Labute approximate surface area is 194 Å². The van der Waals surface area contributed by atoms with E-state index in [-0.39, 0.29) is 22.7 Å². The maximum absolute atomic E-state index is 13.1. The van der Waals surface area contributed by atoms with Crippen LogP contribution in [0, 0.1) is 19.8 Å². The van der Waals surface area contributed by atoms with E-state index in [9.17, 15) is 13.2 Å². The molecular weight excluding hydrogens is 455 g/mol. The third-order valence-electron chi connectivity index (χ3n) is 5.39. The molecule has 0 radical (unpaired) electrons. The molecule has 0 fully saturated rings. The second kappa shape index (κ2) is 9.39. The van der Waals surface area contributed by atoms with E-state index in [1.54, 1.807) is 0 Å². The van der Waals surface area contributed by atoms with Crippen LogP contribution in [0.3, 0.4) is 0 Å². The van der Waals surface area contributed by atoms with Crippen LogP contribution in [-0.2, 0) is 17.4 Å². The van der Waals surface area contributed by atoms with E-state index >= 15 is 0 Å². The van der Waals surface area contributed by atoms with Crippen LogP contribution in [0.2, 0.25) is 5.15 Å². The Bertz CT molecular complexity index is 1200. The molecule has 1 atom stereocenters. The van der Waals surface area contributed by atoms with Crippen molar-refractivity contribution in [2.75, 3.05) is 6.61 Å². The number of benzene rings is 2. The second-order valence-corrected chi connectivity index (χ2v) is 8.44. The molecule has 33 heavy (non-hydrogen) atoms. The Morgan fingerprint density at radius 3 is 2.67 bits per heavy atom. The number of ether oxygens (including phenoxy) is 1. The molecule has 0 bridgehead atoms. The van der Waals surface area contributed by atoms with Gasteiger partial charge in [0.25, 0.3) is 0 Å². The fraction of sp³-hybridized carbons (Fsp3) is 0.292. The van der Waals surface area contributed by atoms with Gasteiger partial charge in [0, 0.05) is 12.3 Å². The molecule has 5 nitrogen and oxygen atoms in total. The molecule has 1 aromatic heterocycles. The third kappa shape index (κ3) is 5.63. The van der Waals surface area contributed by atoms with E-state index in [0.717, 1.165) is 18.6 Å². The topological polar surface area (TPSA) is 56.6 Å². The van der Waals surface area contributed by atoms with Gasteiger partial charge in [0.2, 0.25) is 5.88 Å². The first-order valence-electron chi connectivity index (χ1n) is 10.3. The van der Waals surface area contributed by atoms with Crippen molar-refractivity contribution in [1.82, 2.24) is 10.2 Å². The molecule has 1 unspecified atom stereocenters. The number of halogens is 4. The monoisotopic (exact) mass is 475 g/mol. The van der Waals surface area contributed by atoms with Crippen LogP contribution in [0.4, 0.5) is 13.2 Å². The maximum Gasteiger partial charge on any atom is 0.416 e. The molecular formula is C24H21ClF3N3O2. The highest BCUT2D eigenvalue weighted by molar-refractivity contribution is 6.29. The first kappa shape index (κ1) is 23.0. The average Bonchev–Trinajstić information content (AvgIpc) is 2.77. The van der Waals surface area contributed by atoms with Crippen molar-refractivity contribution in [2.45, 2.75) is 32.9 Å². The fourth-order valence-electron chi connectivity index (χ4n) is 3.75. The minimum atomic E-state index is -4.49. The first-order valence-corrected chi connectivity index (χ1v) is 10.7. The Balaban J connectivity index is 1.58. The molecule has 9 heteroatoms. The maximum atomic E-state index is 13.1. The van der Waals surface area contributed by atoms with Crippen LogP contribution in [0.25, 0.3) is 0 Å². The van der Waals surface area contributed by atoms with E-state index in [2.05, 4.69) is 47.4 Å². The van der Waals surface area contributed by atoms with E-state index in [0.29, 0.717) is 24.3 Å². The lowest BCUT2D eigenvalue weighted by Crippen LogP contribution is -2.23. The number of rotatable bonds is 5. The molecule has 0 saturated heterocycles. The van der Waals surface area contributed by atoms with Crippen molar-refractivity contribution in [1.29, 1.82) is 0 Å². The molecule has 0 spiro atoms. The molecule has 0 aliphatic carbocycles. The Morgan fingerprint density at radius 2 is 1.91 bits per heavy atom. The third-order valence-corrected chi connectivity index (χ3v) is 5.58. The van der Waals surface area contributed by atoms with E-state index in [1.165, 1.54) is 34.9 Å². The van der Waals surface area contributed by atoms with Gasteiger partial charge in [-0.25, -0.2) is 0 Å². The summed E-state index contributed by atoms with van der Waals surface area (Å²) in [7, 11) is 0. The zero-order valence-electron chi connectivity index (χ0n) is 18.0. The number of aromatic nitrogens is 2. The summed E-state index contributed by atoms with van der Waals surface area (Å²) < 4.78 is 44.9. The molecule has 2 heterocycles. The van der Waals surface area contributed by atoms with Gasteiger partial charge in [0.15, 0.2) is 5.15 Å². The molecule has 2 aromatic carbocycles. The zero-order valence-corrected chi connectivity index (χ0v) is 18.7. The van der Waals surface area contributed by atoms with Crippen molar-refractivity contribution >= 4 is 17.3 Å². The molecule has 172 valence electrons. The summed E-state index contributed by atoms with van der Waals surface area (Å²) in [6, 6.07) is 12.4. The minimum absolute atomic E-state index is 0.00763. The van der Waals surface area contributed by atoms with Crippen molar-refractivity contribution < 1.29 is 22.7 Å². The number of oxime groups is 1. The molecule has 4 rings (SSSR count). The number of hydrogen-bond acceptors (Lipinski definition) is 5. The van der Waals surface area contributed by atoms with Gasteiger partial charge in [-0.3, -0.25) is 0 Å². The molecule has 3 aromatic rings. The predicted octanol–water partition coefficient (Wildman–Crippen LogP) is 6.54. The lowest BCUT2D eigenvalue weighted by atomic mass is 9.90. The van der Waals surface area contributed by atoms with Crippen LogP contribution in [0.15, 0.2) is 53.7 Å². The zero-order chi connectivity index (χ0) is 23.6. The van der Waals surface area contributed by atoms with Crippen molar-refractivity contribution in [2.24, 2.45) is 11.1 Å². The van der Waals surface area contributed by atoms with E-state index in [1.807, 2.05) is 0 Å². The van der Waals surface area contributed by atoms with Gasteiger partial charge >= 0.3 is 6.18 Å². The van der Waals surface area contributed by atoms with Gasteiger partial charge in [0.1, 0.15) is 12.4 Å². The van der Waals surface area contributed by atoms with Crippen LogP contribution < -0.4 is 4.74 Å². The van der Waals surface area contributed by atoms with Gasteiger partial charge in [-0.1, -0.05) is 46.6 Å². The smallest absolute Gasteiger partial charge is 0.416 e. The number of aryl methyl sites for hydroxylation is 2. The summed E-state index contributed by atoms with van der Waals surface area (Å²) in [5.41, 5.74) is 3.79. The van der Waals surface area contributed by atoms with Gasteiger partial charge in [0.05, 0.1) is 16.8 Å². The summed E-state index contributed by atoms with van der Waals surface area (Å²) in [4.78, 5) is 5.49. The highest BCUT2D eigenvalue weighted by Gasteiger charge is 2.31. The normalized spacial score (nSPS) is 16.2. The predicted molar refractivity (Wildman–Crippen MR) is 119 cm³/mol. The van der Waals surface area contributed by atoms with Crippen molar-refractivity contribution in [3.05, 3.63) is 81.5 Å². The standard InChI is InChI=1S/C24H21ClF3N3O2/c1-14-6-7-17(15(2)8-14)9-16-10-21(31-32-13-16)20-12-22(25)29-30-23(20)33-19-5-3-4-18(11-19)24(26,27)28/h3-8,11-12,16H,9-10,13H2,1-2H3. The summed E-state index contributed by atoms with van der Waals surface area (Å²) >= 11 is 6.05. The lowest BCUT2D eigenvalue weighted by Gasteiger charge is -2.23. The highest BCUT2D eigenvalue weighted by atomic mass is 35.5. The number of alkyl halides is 3. The summed E-state index contributed by atoms with van der Waals surface area (Å²) in [5.74, 6) is 0.132. The summed E-state index contributed by atoms with van der Waals surface area (Å²) in [6.07, 6.45) is -3.13. The van der Waals surface area contributed by atoms with Crippen LogP contribution in [-0.4, -0.2) is 22.5 Å². The Morgan fingerprint density at radius 1 is 1.09 bits per heavy atom. The summed E-state index contributed by atoms with van der Waals surface area (Å²) in [5, 5.41) is 12.0. The second-order valence-electron chi connectivity index (χ2n) is 8.05. The van der Waals surface area contributed by atoms with Gasteiger partial charge in [-0.15, -0.1) is 10.2 Å². The van der Waals surface area contributed by atoms with Gasteiger partial charge in [-0.2, -0.15) is 13.2 Å². The fourth-order valence-corrected chi connectivity index (χ4v) is 3.90.